The number of carbonyl (C=O) groups excluding carboxylic acids is 1. The summed E-state index contributed by atoms with van der Waals surface area (Å²) in [6.07, 6.45) is 0.227. The van der Waals surface area contributed by atoms with E-state index in [2.05, 4.69) is 21.2 Å². The number of halogens is 1. The first-order chi connectivity index (χ1) is 10.2. The van der Waals surface area contributed by atoms with Gasteiger partial charge in [-0.1, -0.05) is 15.9 Å². The van der Waals surface area contributed by atoms with E-state index in [-0.39, 0.29) is 12.1 Å². The smallest absolute Gasteiger partial charge is 0.343 e. The Morgan fingerprint density at radius 2 is 1.62 bits per heavy atom. The Bertz CT molecular complexity index is 621. The van der Waals surface area contributed by atoms with E-state index in [0.29, 0.717) is 11.3 Å². The lowest BCUT2D eigenvalue weighted by Crippen LogP contribution is -2.50. The molecule has 3 rings (SSSR count). The predicted octanol–water partition coefficient (Wildman–Crippen LogP) is 3.02. The van der Waals surface area contributed by atoms with Crippen molar-refractivity contribution in [3.63, 3.8) is 0 Å². The van der Waals surface area contributed by atoms with Gasteiger partial charge in [0.05, 0.1) is 5.56 Å². The van der Waals surface area contributed by atoms with Gasteiger partial charge in [0.2, 0.25) is 0 Å². The van der Waals surface area contributed by atoms with E-state index in [9.17, 15) is 4.79 Å². The fourth-order valence-corrected chi connectivity index (χ4v) is 2.14. The van der Waals surface area contributed by atoms with E-state index in [0.717, 1.165) is 23.3 Å². The number of benzene rings is 2. The van der Waals surface area contributed by atoms with Crippen LogP contribution in [0.5, 0.6) is 11.5 Å². The van der Waals surface area contributed by atoms with Crippen LogP contribution >= 0.6 is 15.9 Å². The van der Waals surface area contributed by atoms with Crippen LogP contribution in [0.4, 0.5) is 0 Å². The zero-order chi connectivity index (χ0) is 14.7. The van der Waals surface area contributed by atoms with Gasteiger partial charge in [-0.05, 0) is 48.5 Å². The normalized spacial score (nSPS) is 14.3. The van der Waals surface area contributed by atoms with Crippen LogP contribution in [0, 0.1) is 0 Å². The van der Waals surface area contributed by atoms with E-state index >= 15 is 0 Å². The zero-order valence-electron chi connectivity index (χ0n) is 11.2. The number of nitrogens with one attached hydrogen (secondary N) is 1. The van der Waals surface area contributed by atoms with Gasteiger partial charge in [0, 0.05) is 17.6 Å². The SMILES string of the molecule is O=C(Oc1ccc(Br)cc1)c1ccc(OC2CNC2)cc1. The third kappa shape index (κ3) is 3.62. The summed E-state index contributed by atoms with van der Waals surface area (Å²) in [5.74, 6) is 0.903. The maximum atomic E-state index is 12.0. The molecule has 21 heavy (non-hydrogen) atoms. The predicted molar refractivity (Wildman–Crippen MR) is 82.8 cm³/mol. The Morgan fingerprint density at radius 3 is 2.19 bits per heavy atom. The van der Waals surface area contributed by atoms with E-state index in [1.165, 1.54) is 0 Å². The van der Waals surface area contributed by atoms with Gasteiger partial charge in [-0.3, -0.25) is 0 Å². The minimum Gasteiger partial charge on any atom is -0.488 e. The van der Waals surface area contributed by atoms with Crippen molar-refractivity contribution in [3.05, 3.63) is 58.6 Å². The van der Waals surface area contributed by atoms with Gasteiger partial charge in [0.1, 0.15) is 17.6 Å². The maximum absolute atomic E-state index is 12.0. The second kappa shape index (κ2) is 6.28. The average molecular weight is 348 g/mol. The lowest BCUT2D eigenvalue weighted by Gasteiger charge is -2.27. The van der Waals surface area contributed by atoms with Crippen LogP contribution in [0.3, 0.4) is 0 Å². The van der Waals surface area contributed by atoms with Gasteiger partial charge in [-0.15, -0.1) is 0 Å². The molecule has 2 aromatic carbocycles. The molecule has 1 fully saturated rings. The van der Waals surface area contributed by atoms with Crippen LogP contribution in [0.2, 0.25) is 0 Å². The molecule has 0 spiro atoms. The summed E-state index contributed by atoms with van der Waals surface area (Å²) in [5, 5.41) is 3.14. The van der Waals surface area contributed by atoms with E-state index in [1.54, 1.807) is 36.4 Å². The van der Waals surface area contributed by atoms with Gasteiger partial charge < -0.3 is 14.8 Å². The van der Waals surface area contributed by atoms with Crippen molar-refractivity contribution in [1.82, 2.24) is 5.32 Å². The fourth-order valence-electron chi connectivity index (χ4n) is 1.88. The zero-order valence-corrected chi connectivity index (χ0v) is 12.8. The highest BCUT2D eigenvalue weighted by atomic mass is 79.9. The van der Waals surface area contributed by atoms with E-state index in [4.69, 9.17) is 9.47 Å². The molecule has 1 heterocycles. The Hall–Kier alpha value is -1.85. The number of carbonyl (C=O) groups is 1. The summed E-state index contributed by atoms with van der Waals surface area (Å²) in [6.45, 7) is 1.74. The first kappa shape index (κ1) is 14.1. The molecule has 0 aliphatic carbocycles. The molecular weight excluding hydrogens is 334 g/mol. The molecule has 5 heteroatoms. The van der Waals surface area contributed by atoms with Crippen molar-refractivity contribution in [2.24, 2.45) is 0 Å². The summed E-state index contributed by atoms with van der Waals surface area (Å²) >= 11 is 3.34. The van der Waals surface area contributed by atoms with Crippen molar-refractivity contribution in [2.45, 2.75) is 6.10 Å². The summed E-state index contributed by atoms with van der Waals surface area (Å²) < 4.78 is 11.9. The lowest BCUT2D eigenvalue weighted by atomic mass is 10.2. The second-order valence-corrected chi connectivity index (χ2v) is 5.68. The largest absolute Gasteiger partial charge is 0.488 e. The van der Waals surface area contributed by atoms with Crippen molar-refractivity contribution < 1.29 is 14.3 Å². The number of hydrogen-bond acceptors (Lipinski definition) is 4. The minimum absolute atomic E-state index is 0.227. The van der Waals surface area contributed by atoms with Crippen LogP contribution in [0.25, 0.3) is 0 Å². The van der Waals surface area contributed by atoms with E-state index < -0.39 is 0 Å². The molecule has 1 aliphatic rings. The molecule has 108 valence electrons. The van der Waals surface area contributed by atoms with Crippen LogP contribution in [-0.2, 0) is 0 Å². The third-order valence-corrected chi connectivity index (χ3v) is 3.69. The van der Waals surface area contributed by atoms with Crippen molar-refractivity contribution in [3.8, 4) is 11.5 Å². The molecule has 0 atom stereocenters. The van der Waals surface area contributed by atoms with Crippen molar-refractivity contribution in [1.29, 1.82) is 0 Å². The van der Waals surface area contributed by atoms with Crippen LogP contribution in [-0.4, -0.2) is 25.2 Å². The first-order valence-electron chi connectivity index (χ1n) is 6.66. The number of ether oxygens (including phenoxy) is 2. The highest BCUT2D eigenvalue weighted by Gasteiger charge is 2.18. The molecule has 0 unspecified atom stereocenters. The first-order valence-corrected chi connectivity index (χ1v) is 7.45. The van der Waals surface area contributed by atoms with Crippen LogP contribution in [0.15, 0.2) is 53.0 Å². The van der Waals surface area contributed by atoms with E-state index in [1.807, 2.05) is 12.1 Å². The fraction of sp³-hybridized carbons (Fsp3) is 0.188. The molecule has 0 bridgehead atoms. The standard InChI is InChI=1S/C16H14BrNO3/c17-12-3-7-14(8-4-12)21-16(19)11-1-5-13(6-2-11)20-15-9-18-10-15/h1-8,15,18H,9-10H2. The molecule has 0 aromatic heterocycles. The number of hydrogen-bond donors (Lipinski definition) is 1. The Balaban J connectivity index is 1.62. The van der Waals surface area contributed by atoms with Gasteiger partial charge in [-0.2, -0.15) is 0 Å². The topological polar surface area (TPSA) is 47.6 Å². The molecule has 1 N–H and O–H groups in total. The molecular formula is C16H14BrNO3. The Morgan fingerprint density at radius 1 is 1.00 bits per heavy atom. The summed E-state index contributed by atoms with van der Waals surface area (Å²) in [4.78, 5) is 12.0. The Kier molecular flexibility index (Phi) is 4.22. The highest BCUT2D eigenvalue weighted by Crippen LogP contribution is 2.19. The molecule has 4 nitrogen and oxygen atoms in total. The third-order valence-electron chi connectivity index (χ3n) is 3.16. The molecule has 2 aromatic rings. The second-order valence-electron chi connectivity index (χ2n) is 4.77. The molecule has 1 aliphatic heterocycles. The molecule has 0 radical (unpaired) electrons. The molecule has 0 saturated carbocycles. The Labute approximate surface area is 131 Å². The minimum atomic E-state index is -0.380. The maximum Gasteiger partial charge on any atom is 0.343 e. The number of rotatable bonds is 4. The highest BCUT2D eigenvalue weighted by molar-refractivity contribution is 9.10. The summed E-state index contributed by atoms with van der Waals surface area (Å²) in [7, 11) is 0. The lowest BCUT2D eigenvalue weighted by molar-refractivity contribution is 0.0734. The average Bonchev–Trinajstić information content (AvgIpc) is 2.46. The quantitative estimate of drug-likeness (QED) is 0.682. The van der Waals surface area contributed by atoms with Gasteiger partial charge in [0.15, 0.2) is 0 Å². The van der Waals surface area contributed by atoms with Gasteiger partial charge >= 0.3 is 5.97 Å². The molecule has 1 saturated heterocycles. The van der Waals surface area contributed by atoms with Crippen LogP contribution < -0.4 is 14.8 Å². The van der Waals surface area contributed by atoms with Crippen molar-refractivity contribution >= 4 is 21.9 Å². The van der Waals surface area contributed by atoms with Gasteiger partial charge in [0.25, 0.3) is 0 Å². The molecule has 0 amide bonds. The number of esters is 1. The summed E-state index contributed by atoms with van der Waals surface area (Å²) in [5.41, 5.74) is 0.497. The monoisotopic (exact) mass is 347 g/mol. The van der Waals surface area contributed by atoms with Crippen LogP contribution in [0.1, 0.15) is 10.4 Å². The van der Waals surface area contributed by atoms with Crippen molar-refractivity contribution in [2.75, 3.05) is 13.1 Å². The summed E-state index contributed by atoms with van der Waals surface area (Å²) in [6, 6.07) is 14.1. The van der Waals surface area contributed by atoms with Gasteiger partial charge in [-0.25, -0.2) is 4.79 Å².